The molecule has 3 heterocycles. The van der Waals surface area contributed by atoms with E-state index in [4.69, 9.17) is 9.84 Å². The van der Waals surface area contributed by atoms with Gasteiger partial charge in [-0.2, -0.15) is 10.2 Å². The molecule has 1 aliphatic rings. The minimum absolute atomic E-state index is 0.171. The summed E-state index contributed by atoms with van der Waals surface area (Å²) in [7, 11) is 0. The van der Waals surface area contributed by atoms with Crippen LogP contribution in [0, 0.1) is 6.92 Å². The minimum Gasteiger partial charge on any atom is -0.374 e. The summed E-state index contributed by atoms with van der Waals surface area (Å²) in [6, 6.07) is 12.3. The molecule has 0 unspecified atom stereocenters. The molecule has 4 rings (SSSR count). The standard InChI is InChI=1S/C19H23N5O/c1-16-11-20-23(12-16)15-19-14-22(9-10-25-19)13-17-7-8-24(21-17)18-5-3-2-4-6-18/h2-8,11-12,19H,9-10,13-15H2,1H3/t19-/m1/s1. The summed E-state index contributed by atoms with van der Waals surface area (Å²) in [6.45, 7) is 6.29. The molecule has 6 heteroatoms. The van der Waals surface area contributed by atoms with Crippen LogP contribution in [0.3, 0.4) is 0 Å². The molecule has 130 valence electrons. The number of rotatable bonds is 5. The highest BCUT2D eigenvalue weighted by atomic mass is 16.5. The van der Waals surface area contributed by atoms with Crippen molar-refractivity contribution in [3.63, 3.8) is 0 Å². The van der Waals surface area contributed by atoms with E-state index >= 15 is 0 Å². The summed E-state index contributed by atoms with van der Waals surface area (Å²) in [5.74, 6) is 0. The Morgan fingerprint density at radius 3 is 2.88 bits per heavy atom. The smallest absolute Gasteiger partial charge is 0.0898 e. The van der Waals surface area contributed by atoms with E-state index in [9.17, 15) is 0 Å². The third kappa shape index (κ3) is 3.97. The molecule has 0 N–H and O–H groups in total. The molecule has 0 radical (unpaired) electrons. The maximum absolute atomic E-state index is 5.91. The van der Waals surface area contributed by atoms with E-state index in [0.29, 0.717) is 0 Å². The molecule has 25 heavy (non-hydrogen) atoms. The van der Waals surface area contributed by atoms with Crippen molar-refractivity contribution in [3.8, 4) is 5.69 Å². The second-order valence-electron chi connectivity index (χ2n) is 6.55. The van der Waals surface area contributed by atoms with Gasteiger partial charge in [0.2, 0.25) is 0 Å². The summed E-state index contributed by atoms with van der Waals surface area (Å²) >= 11 is 0. The molecule has 1 atom stereocenters. The zero-order valence-electron chi connectivity index (χ0n) is 14.5. The molecule has 1 aromatic carbocycles. The van der Waals surface area contributed by atoms with Crippen LogP contribution in [0.4, 0.5) is 0 Å². The fourth-order valence-electron chi connectivity index (χ4n) is 3.21. The van der Waals surface area contributed by atoms with E-state index in [1.165, 1.54) is 5.56 Å². The average molecular weight is 337 g/mol. The van der Waals surface area contributed by atoms with Crippen LogP contribution in [0.5, 0.6) is 0 Å². The van der Waals surface area contributed by atoms with E-state index < -0.39 is 0 Å². The highest BCUT2D eigenvalue weighted by Crippen LogP contribution is 2.13. The van der Waals surface area contributed by atoms with Crippen LogP contribution in [0.2, 0.25) is 0 Å². The maximum atomic E-state index is 5.91. The largest absolute Gasteiger partial charge is 0.374 e. The first-order valence-corrected chi connectivity index (χ1v) is 8.69. The first kappa shape index (κ1) is 16.1. The third-order valence-electron chi connectivity index (χ3n) is 4.43. The fourth-order valence-corrected chi connectivity index (χ4v) is 3.21. The lowest BCUT2D eigenvalue weighted by Gasteiger charge is -2.32. The Morgan fingerprint density at radius 1 is 1.20 bits per heavy atom. The first-order chi connectivity index (χ1) is 12.3. The van der Waals surface area contributed by atoms with Crippen LogP contribution in [-0.4, -0.2) is 50.3 Å². The summed E-state index contributed by atoms with van der Waals surface area (Å²) in [4.78, 5) is 2.40. The Kier molecular flexibility index (Phi) is 4.63. The van der Waals surface area contributed by atoms with E-state index in [1.54, 1.807) is 0 Å². The topological polar surface area (TPSA) is 48.1 Å². The summed E-state index contributed by atoms with van der Waals surface area (Å²) in [5, 5.41) is 9.06. The molecule has 1 saturated heterocycles. The summed E-state index contributed by atoms with van der Waals surface area (Å²) in [5.41, 5.74) is 3.35. The summed E-state index contributed by atoms with van der Waals surface area (Å²) in [6.07, 6.45) is 6.14. The van der Waals surface area contributed by atoms with Crippen LogP contribution in [0.1, 0.15) is 11.3 Å². The SMILES string of the molecule is Cc1cnn(C[C@H]2CN(Cc3ccn(-c4ccccc4)n3)CCO2)c1. The van der Waals surface area contributed by atoms with Crippen molar-refractivity contribution < 1.29 is 4.74 Å². The van der Waals surface area contributed by atoms with Gasteiger partial charge in [-0.25, -0.2) is 4.68 Å². The fraction of sp³-hybridized carbons (Fsp3) is 0.368. The van der Waals surface area contributed by atoms with Crippen LogP contribution in [0.15, 0.2) is 55.0 Å². The van der Waals surface area contributed by atoms with Gasteiger partial charge in [0.1, 0.15) is 0 Å². The quantitative estimate of drug-likeness (QED) is 0.717. The van der Waals surface area contributed by atoms with Crippen molar-refractivity contribution in [2.24, 2.45) is 0 Å². The Hall–Kier alpha value is -2.44. The zero-order valence-corrected chi connectivity index (χ0v) is 14.5. The van der Waals surface area contributed by atoms with Gasteiger partial charge in [-0.1, -0.05) is 18.2 Å². The molecule has 6 nitrogen and oxygen atoms in total. The number of aromatic nitrogens is 4. The zero-order chi connectivity index (χ0) is 17.1. The number of nitrogens with zero attached hydrogens (tertiary/aromatic N) is 5. The lowest BCUT2D eigenvalue weighted by atomic mass is 10.2. The summed E-state index contributed by atoms with van der Waals surface area (Å²) < 4.78 is 9.80. The van der Waals surface area contributed by atoms with E-state index in [1.807, 2.05) is 40.0 Å². The number of para-hydroxylation sites is 1. The van der Waals surface area contributed by atoms with Crippen LogP contribution < -0.4 is 0 Å². The molecule has 1 fully saturated rings. The van der Waals surface area contributed by atoms with Gasteiger partial charge < -0.3 is 4.74 Å². The molecule has 0 spiro atoms. The Balaban J connectivity index is 1.37. The molecule has 0 saturated carbocycles. The van der Waals surface area contributed by atoms with Crippen molar-refractivity contribution in [3.05, 3.63) is 66.2 Å². The number of hydrogen-bond donors (Lipinski definition) is 0. The first-order valence-electron chi connectivity index (χ1n) is 8.69. The maximum Gasteiger partial charge on any atom is 0.0898 e. The predicted octanol–water partition coefficient (Wildman–Crippen LogP) is 2.28. The highest BCUT2D eigenvalue weighted by Gasteiger charge is 2.21. The molecule has 1 aliphatic heterocycles. The van der Waals surface area contributed by atoms with E-state index in [2.05, 4.69) is 41.3 Å². The molecule has 0 amide bonds. The van der Waals surface area contributed by atoms with Gasteiger partial charge in [-0.05, 0) is 30.7 Å². The second-order valence-corrected chi connectivity index (χ2v) is 6.55. The molecule has 0 bridgehead atoms. The highest BCUT2D eigenvalue weighted by molar-refractivity contribution is 5.30. The Bertz CT molecular complexity index is 810. The third-order valence-corrected chi connectivity index (χ3v) is 4.43. The molecule has 2 aromatic heterocycles. The number of ether oxygens (including phenoxy) is 1. The molecule has 0 aliphatic carbocycles. The van der Waals surface area contributed by atoms with Crippen molar-refractivity contribution >= 4 is 0 Å². The number of hydrogen-bond acceptors (Lipinski definition) is 4. The lowest BCUT2D eigenvalue weighted by Crippen LogP contribution is -2.43. The van der Waals surface area contributed by atoms with Gasteiger partial charge >= 0.3 is 0 Å². The van der Waals surface area contributed by atoms with Gasteiger partial charge in [-0.3, -0.25) is 9.58 Å². The monoisotopic (exact) mass is 337 g/mol. The van der Waals surface area contributed by atoms with Crippen molar-refractivity contribution in [1.82, 2.24) is 24.5 Å². The van der Waals surface area contributed by atoms with Crippen molar-refractivity contribution in [1.29, 1.82) is 0 Å². The van der Waals surface area contributed by atoms with Crippen LogP contribution >= 0.6 is 0 Å². The van der Waals surface area contributed by atoms with E-state index in [-0.39, 0.29) is 6.10 Å². The predicted molar refractivity (Wildman–Crippen MR) is 95.5 cm³/mol. The average Bonchev–Trinajstić information content (AvgIpc) is 3.25. The molecular formula is C19H23N5O. The van der Waals surface area contributed by atoms with Crippen molar-refractivity contribution in [2.45, 2.75) is 26.1 Å². The molecular weight excluding hydrogens is 314 g/mol. The number of aryl methyl sites for hydroxylation is 1. The van der Waals surface area contributed by atoms with Crippen LogP contribution in [-0.2, 0) is 17.8 Å². The van der Waals surface area contributed by atoms with Gasteiger partial charge in [0.05, 0.1) is 36.8 Å². The Morgan fingerprint density at radius 2 is 2.08 bits per heavy atom. The second kappa shape index (κ2) is 7.21. The van der Waals surface area contributed by atoms with Gasteiger partial charge in [0.15, 0.2) is 0 Å². The van der Waals surface area contributed by atoms with E-state index in [0.717, 1.165) is 44.2 Å². The van der Waals surface area contributed by atoms with Gasteiger partial charge in [0.25, 0.3) is 0 Å². The van der Waals surface area contributed by atoms with Gasteiger partial charge in [-0.15, -0.1) is 0 Å². The van der Waals surface area contributed by atoms with Crippen LogP contribution in [0.25, 0.3) is 5.69 Å². The normalized spacial score (nSPS) is 18.5. The van der Waals surface area contributed by atoms with Crippen molar-refractivity contribution in [2.75, 3.05) is 19.7 Å². The van der Waals surface area contributed by atoms with Gasteiger partial charge in [0, 0.05) is 32.0 Å². The molecule has 3 aromatic rings. The minimum atomic E-state index is 0.171. The number of morpholine rings is 1. The Labute approximate surface area is 147 Å². The number of benzene rings is 1. The lowest BCUT2D eigenvalue weighted by molar-refractivity contribution is -0.0405.